The van der Waals surface area contributed by atoms with E-state index in [1.807, 2.05) is 25.1 Å². The highest BCUT2D eigenvalue weighted by molar-refractivity contribution is 5.02. The molecule has 0 fully saturated rings. The minimum Gasteiger partial charge on any atom is -0.330 e. The summed E-state index contributed by atoms with van der Waals surface area (Å²) in [5.41, 5.74) is 6.46. The van der Waals surface area contributed by atoms with Gasteiger partial charge in [0.2, 0.25) is 0 Å². The zero-order valence-corrected chi connectivity index (χ0v) is 8.20. The molecule has 0 radical (unpaired) electrons. The van der Waals surface area contributed by atoms with E-state index in [2.05, 4.69) is 9.97 Å². The van der Waals surface area contributed by atoms with Gasteiger partial charge >= 0.3 is 0 Å². The van der Waals surface area contributed by atoms with Crippen LogP contribution in [-0.2, 0) is 13.0 Å². The molecule has 0 bridgehead atoms. The Balaban J connectivity index is 2.67. The molecule has 1 aromatic heterocycles. The molecular formula is C9H16N4. The van der Waals surface area contributed by atoms with E-state index in [9.17, 15) is 0 Å². The van der Waals surface area contributed by atoms with E-state index < -0.39 is 0 Å². The Morgan fingerprint density at radius 2 is 2.23 bits per heavy atom. The summed E-state index contributed by atoms with van der Waals surface area (Å²) in [5.74, 6) is 0.857. The molecule has 1 rings (SSSR count). The zero-order chi connectivity index (χ0) is 9.68. The van der Waals surface area contributed by atoms with Crippen LogP contribution >= 0.6 is 0 Å². The largest absolute Gasteiger partial charge is 0.330 e. The van der Waals surface area contributed by atoms with Gasteiger partial charge in [0.05, 0.1) is 6.54 Å². The maximum atomic E-state index is 5.44. The molecule has 0 amide bonds. The van der Waals surface area contributed by atoms with Gasteiger partial charge in [0.1, 0.15) is 5.82 Å². The highest BCUT2D eigenvalue weighted by Gasteiger charge is 1.99. The smallest absolute Gasteiger partial charge is 0.142 e. The van der Waals surface area contributed by atoms with Gasteiger partial charge in [-0.05, 0) is 26.7 Å². The second-order valence-electron chi connectivity index (χ2n) is 3.24. The Bertz CT molecular complexity index is 260. The third-order valence-electron chi connectivity index (χ3n) is 1.62. The Kier molecular flexibility index (Phi) is 3.79. The van der Waals surface area contributed by atoms with E-state index >= 15 is 0 Å². The summed E-state index contributed by atoms with van der Waals surface area (Å²) in [7, 11) is 4.00. The molecule has 2 N–H and O–H groups in total. The van der Waals surface area contributed by atoms with Gasteiger partial charge in [0, 0.05) is 18.3 Å². The van der Waals surface area contributed by atoms with E-state index in [-0.39, 0.29) is 0 Å². The van der Waals surface area contributed by atoms with Gasteiger partial charge in [-0.3, -0.25) is 0 Å². The Labute approximate surface area is 78.8 Å². The lowest BCUT2D eigenvalue weighted by Crippen LogP contribution is -2.14. The molecule has 1 heterocycles. The molecule has 0 unspecified atom stereocenters. The first-order valence-corrected chi connectivity index (χ1v) is 4.38. The number of rotatable bonds is 4. The highest BCUT2D eigenvalue weighted by atomic mass is 15.1. The molecule has 0 saturated carbocycles. The third-order valence-corrected chi connectivity index (χ3v) is 1.62. The highest BCUT2D eigenvalue weighted by Crippen LogP contribution is 1.97. The molecule has 1 aromatic rings. The van der Waals surface area contributed by atoms with Gasteiger partial charge in [0.15, 0.2) is 0 Å². The van der Waals surface area contributed by atoms with Crippen LogP contribution in [0.4, 0.5) is 0 Å². The molecule has 0 spiro atoms. The van der Waals surface area contributed by atoms with Crippen molar-refractivity contribution in [3.05, 3.63) is 23.8 Å². The predicted octanol–water partition coefficient (Wildman–Crippen LogP) is 0.0394. The summed E-state index contributed by atoms with van der Waals surface area (Å²) in [4.78, 5) is 10.6. The van der Waals surface area contributed by atoms with Crippen LogP contribution in [0.15, 0.2) is 12.3 Å². The summed E-state index contributed by atoms with van der Waals surface area (Å²) < 4.78 is 0. The second-order valence-corrected chi connectivity index (χ2v) is 3.24. The maximum Gasteiger partial charge on any atom is 0.142 e. The predicted molar refractivity (Wildman–Crippen MR) is 52.2 cm³/mol. The van der Waals surface area contributed by atoms with Crippen molar-refractivity contribution in [1.29, 1.82) is 0 Å². The monoisotopic (exact) mass is 180 g/mol. The number of aromatic nitrogens is 2. The van der Waals surface area contributed by atoms with Gasteiger partial charge < -0.3 is 10.6 Å². The van der Waals surface area contributed by atoms with E-state index in [1.54, 1.807) is 6.20 Å². The normalized spacial score (nSPS) is 10.8. The number of nitrogens with zero attached hydrogens (tertiary/aromatic N) is 3. The van der Waals surface area contributed by atoms with Crippen LogP contribution in [0.1, 0.15) is 11.5 Å². The minimum atomic E-state index is 0.637. The van der Waals surface area contributed by atoms with Gasteiger partial charge in [-0.15, -0.1) is 0 Å². The quantitative estimate of drug-likeness (QED) is 0.710. The van der Waals surface area contributed by atoms with Crippen LogP contribution < -0.4 is 5.73 Å². The summed E-state index contributed by atoms with van der Waals surface area (Å²) in [6.07, 6.45) is 2.61. The number of hydrogen-bond donors (Lipinski definition) is 1. The van der Waals surface area contributed by atoms with Crippen LogP contribution in [0.2, 0.25) is 0 Å². The molecule has 0 aromatic carbocycles. The molecule has 0 aliphatic carbocycles. The van der Waals surface area contributed by atoms with Crippen molar-refractivity contribution < 1.29 is 0 Å². The first-order valence-electron chi connectivity index (χ1n) is 4.38. The summed E-state index contributed by atoms with van der Waals surface area (Å²) in [5, 5.41) is 0. The summed E-state index contributed by atoms with van der Waals surface area (Å²) >= 11 is 0. The second kappa shape index (κ2) is 4.89. The van der Waals surface area contributed by atoms with E-state index in [0.717, 1.165) is 24.5 Å². The average Bonchev–Trinajstić information content (AvgIpc) is 2.04. The van der Waals surface area contributed by atoms with Crippen molar-refractivity contribution in [2.45, 2.75) is 13.0 Å². The molecular weight excluding hydrogens is 164 g/mol. The maximum absolute atomic E-state index is 5.44. The molecule has 4 nitrogen and oxygen atoms in total. The SMILES string of the molecule is CN(C)Cc1nccc(CCN)n1. The Morgan fingerprint density at radius 1 is 1.46 bits per heavy atom. The Morgan fingerprint density at radius 3 is 2.85 bits per heavy atom. The van der Waals surface area contributed by atoms with Crippen molar-refractivity contribution in [3.8, 4) is 0 Å². The van der Waals surface area contributed by atoms with Crippen LogP contribution in [0.25, 0.3) is 0 Å². The average molecular weight is 180 g/mol. The fourth-order valence-corrected chi connectivity index (χ4v) is 1.09. The topological polar surface area (TPSA) is 55.0 Å². The lowest BCUT2D eigenvalue weighted by Gasteiger charge is -2.08. The molecule has 4 heteroatoms. The third kappa shape index (κ3) is 3.48. The zero-order valence-electron chi connectivity index (χ0n) is 8.20. The van der Waals surface area contributed by atoms with Crippen LogP contribution in [0.3, 0.4) is 0 Å². The van der Waals surface area contributed by atoms with Gasteiger partial charge in [-0.1, -0.05) is 0 Å². The summed E-state index contributed by atoms with van der Waals surface area (Å²) in [6.45, 7) is 1.41. The van der Waals surface area contributed by atoms with Crippen molar-refractivity contribution in [1.82, 2.24) is 14.9 Å². The lowest BCUT2D eigenvalue weighted by atomic mass is 10.3. The Hall–Kier alpha value is -1.00. The van der Waals surface area contributed by atoms with Crippen molar-refractivity contribution in [3.63, 3.8) is 0 Å². The van der Waals surface area contributed by atoms with E-state index in [0.29, 0.717) is 6.54 Å². The fraction of sp³-hybridized carbons (Fsp3) is 0.556. The van der Waals surface area contributed by atoms with E-state index in [4.69, 9.17) is 5.73 Å². The molecule has 72 valence electrons. The van der Waals surface area contributed by atoms with Gasteiger partial charge in [-0.25, -0.2) is 9.97 Å². The van der Waals surface area contributed by atoms with Crippen molar-refractivity contribution >= 4 is 0 Å². The molecule has 0 atom stereocenters. The first-order chi connectivity index (χ1) is 6.22. The minimum absolute atomic E-state index is 0.637. The van der Waals surface area contributed by atoms with Gasteiger partial charge in [-0.2, -0.15) is 0 Å². The van der Waals surface area contributed by atoms with E-state index in [1.165, 1.54) is 0 Å². The van der Waals surface area contributed by atoms with Crippen molar-refractivity contribution in [2.75, 3.05) is 20.6 Å². The van der Waals surface area contributed by atoms with Crippen molar-refractivity contribution in [2.24, 2.45) is 5.73 Å². The molecule has 0 aliphatic rings. The van der Waals surface area contributed by atoms with Crippen LogP contribution in [0.5, 0.6) is 0 Å². The summed E-state index contributed by atoms with van der Waals surface area (Å²) in [6, 6.07) is 1.91. The number of hydrogen-bond acceptors (Lipinski definition) is 4. The molecule has 0 saturated heterocycles. The lowest BCUT2D eigenvalue weighted by molar-refractivity contribution is 0.389. The van der Waals surface area contributed by atoms with Gasteiger partial charge in [0.25, 0.3) is 0 Å². The molecule has 0 aliphatic heterocycles. The fourth-order valence-electron chi connectivity index (χ4n) is 1.09. The standard InChI is InChI=1S/C9H16N4/c1-13(2)7-9-11-6-4-8(12-9)3-5-10/h4,6H,3,5,7,10H2,1-2H3. The first kappa shape index (κ1) is 10.1. The number of nitrogens with two attached hydrogens (primary N) is 1. The molecule has 13 heavy (non-hydrogen) atoms. The van der Waals surface area contributed by atoms with Crippen LogP contribution in [-0.4, -0.2) is 35.5 Å². The van der Waals surface area contributed by atoms with Crippen LogP contribution in [0, 0.1) is 0 Å².